The Morgan fingerprint density at radius 1 is 1.04 bits per heavy atom. The summed E-state index contributed by atoms with van der Waals surface area (Å²) in [5, 5.41) is 4.84. The number of hydrogen-bond acceptors (Lipinski definition) is 4. The van der Waals surface area contributed by atoms with Gasteiger partial charge in [-0.25, -0.2) is 0 Å². The monoisotopic (exact) mass is 338 g/mol. The fourth-order valence-electron chi connectivity index (χ4n) is 2.74. The van der Waals surface area contributed by atoms with Crippen LogP contribution in [-0.4, -0.2) is 24.3 Å². The van der Waals surface area contributed by atoms with Crippen LogP contribution in [0.5, 0.6) is 5.75 Å². The van der Waals surface area contributed by atoms with Crippen LogP contribution in [0, 0.1) is 20.8 Å². The normalized spacial score (nSPS) is 12.6. The zero-order valence-electron chi connectivity index (χ0n) is 14.2. The van der Waals surface area contributed by atoms with Gasteiger partial charge in [0.15, 0.2) is 6.61 Å². The third-order valence-electron chi connectivity index (χ3n) is 4.19. The number of carbonyl (C=O) groups excluding carboxylic acids is 3. The van der Waals surface area contributed by atoms with Gasteiger partial charge in [0.05, 0.1) is 16.8 Å². The summed E-state index contributed by atoms with van der Waals surface area (Å²) >= 11 is 0. The molecule has 0 bridgehead atoms. The first-order valence-electron chi connectivity index (χ1n) is 7.86. The topological polar surface area (TPSA) is 84.5 Å². The molecule has 3 rings (SSSR count). The van der Waals surface area contributed by atoms with Crippen LogP contribution in [0.1, 0.15) is 37.4 Å². The van der Waals surface area contributed by atoms with E-state index in [4.69, 9.17) is 4.74 Å². The van der Waals surface area contributed by atoms with Crippen molar-refractivity contribution in [3.63, 3.8) is 0 Å². The van der Waals surface area contributed by atoms with Gasteiger partial charge < -0.3 is 10.1 Å². The van der Waals surface area contributed by atoms with Gasteiger partial charge in [-0.05, 0) is 55.7 Å². The van der Waals surface area contributed by atoms with E-state index in [1.807, 2.05) is 32.9 Å². The number of rotatable bonds is 4. The van der Waals surface area contributed by atoms with E-state index in [2.05, 4.69) is 10.6 Å². The molecule has 2 aromatic rings. The number of carbonyl (C=O) groups is 3. The molecule has 0 fully saturated rings. The lowest BCUT2D eigenvalue weighted by molar-refractivity contribution is -0.118. The van der Waals surface area contributed by atoms with E-state index in [9.17, 15) is 14.4 Å². The average molecular weight is 338 g/mol. The van der Waals surface area contributed by atoms with E-state index >= 15 is 0 Å². The Morgan fingerprint density at radius 2 is 1.76 bits per heavy atom. The first-order chi connectivity index (χ1) is 11.9. The second kappa shape index (κ2) is 6.39. The molecule has 0 aliphatic carbocycles. The van der Waals surface area contributed by atoms with E-state index < -0.39 is 17.7 Å². The van der Waals surface area contributed by atoms with E-state index in [1.54, 1.807) is 18.2 Å². The van der Waals surface area contributed by atoms with E-state index in [1.165, 1.54) is 0 Å². The van der Waals surface area contributed by atoms with Gasteiger partial charge in [-0.2, -0.15) is 0 Å². The van der Waals surface area contributed by atoms with Crippen molar-refractivity contribution in [2.45, 2.75) is 20.8 Å². The molecule has 2 aromatic carbocycles. The summed E-state index contributed by atoms with van der Waals surface area (Å²) in [5.41, 5.74) is 3.92. The molecule has 6 nitrogen and oxygen atoms in total. The van der Waals surface area contributed by atoms with Crippen molar-refractivity contribution in [1.29, 1.82) is 0 Å². The molecule has 3 amide bonds. The number of benzene rings is 2. The molecule has 25 heavy (non-hydrogen) atoms. The van der Waals surface area contributed by atoms with Crippen molar-refractivity contribution in [2.75, 3.05) is 11.9 Å². The molecule has 1 aliphatic rings. The Hall–Kier alpha value is -3.15. The van der Waals surface area contributed by atoms with Crippen LogP contribution in [0.15, 0.2) is 30.3 Å². The number of amides is 3. The number of ether oxygens (including phenoxy) is 1. The Balaban J connectivity index is 1.72. The van der Waals surface area contributed by atoms with Crippen LogP contribution in [0.2, 0.25) is 0 Å². The molecule has 128 valence electrons. The quantitative estimate of drug-likeness (QED) is 0.839. The van der Waals surface area contributed by atoms with E-state index in [0.717, 1.165) is 16.7 Å². The van der Waals surface area contributed by atoms with Crippen LogP contribution in [0.25, 0.3) is 0 Å². The van der Waals surface area contributed by atoms with Crippen molar-refractivity contribution < 1.29 is 19.1 Å². The molecule has 2 N–H and O–H groups in total. The maximum Gasteiger partial charge on any atom is 0.262 e. The zero-order valence-corrected chi connectivity index (χ0v) is 14.2. The summed E-state index contributed by atoms with van der Waals surface area (Å²) in [6.45, 7) is 5.72. The highest BCUT2D eigenvalue weighted by atomic mass is 16.5. The SMILES string of the molecule is Cc1cc(C)c(OCC(=O)Nc2cccc3c2C(=O)NC3=O)cc1C. The third kappa shape index (κ3) is 3.24. The van der Waals surface area contributed by atoms with Crippen LogP contribution < -0.4 is 15.4 Å². The number of aryl methyl sites for hydroxylation is 3. The number of fused-ring (bicyclic) bond motifs is 1. The highest BCUT2D eigenvalue weighted by Crippen LogP contribution is 2.25. The van der Waals surface area contributed by atoms with E-state index in [-0.39, 0.29) is 17.7 Å². The first-order valence-corrected chi connectivity index (χ1v) is 7.86. The van der Waals surface area contributed by atoms with Crippen LogP contribution in [0.4, 0.5) is 5.69 Å². The number of anilines is 1. The minimum atomic E-state index is -0.512. The van der Waals surface area contributed by atoms with Crippen molar-refractivity contribution >= 4 is 23.4 Å². The second-order valence-corrected chi connectivity index (χ2v) is 6.05. The molecule has 1 heterocycles. The number of nitrogens with one attached hydrogen (secondary N) is 2. The lowest BCUT2D eigenvalue weighted by Gasteiger charge is -2.12. The molecule has 0 aromatic heterocycles. The Bertz CT molecular complexity index is 903. The molecular weight excluding hydrogens is 320 g/mol. The van der Waals surface area contributed by atoms with Crippen LogP contribution in [-0.2, 0) is 4.79 Å². The predicted molar refractivity (Wildman–Crippen MR) is 93.0 cm³/mol. The number of imide groups is 1. The summed E-state index contributed by atoms with van der Waals surface area (Å²) < 4.78 is 5.59. The molecule has 0 radical (unpaired) electrons. The van der Waals surface area contributed by atoms with Gasteiger partial charge in [-0.15, -0.1) is 0 Å². The van der Waals surface area contributed by atoms with Gasteiger partial charge in [-0.3, -0.25) is 19.7 Å². The third-order valence-corrected chi connectivity index (χ3v) is 4.19. The number of hydrogen-bond donors (Lipinski definition) is 2. The molecular formula is C19H18N2O4. The van der Waals surface area contributed by atoms with Gasteiger partial charge >= 0.3 is 0 Å². The van der Waals surface area contributed by atoms with Gasteiger partial charge in [-0.1, -0.05) is 12.1 Å². The van der Waals surface area contributed by atoms with Crippen LogP contribution >= 0.6 is 0 Å². The molecule has 6 heteroatoms. The van der Waals surface area contributed by atoms with Gasteiger partial charge in [0.2, 0.25) is 0 Å². The molecule has 0 unspecified atom stereocenters. The van der Waals surface area contributed by atoms with Crippen molar-refractivity contribution in [3.8, 4) is 5.75 Å². The van der Waals surface area contributed by atoms with Gasteiger partial charge in [0, 0.05) is 0 Å². The minimum Gasteiger partial charge on any atom is -0.483 e. The van der Waals surface area contributed by atoms with Crippen molar-refractivity contribution in [3.05, 3.63) is 58.1 Å². The van der Waals surface area contributed by atoms with Gasteiger partial charge in [0.25, 0.3) is 17.7 Å². The summed E-state index contributed by atoms with van der Waals surface area (Å²) in [6, 6.07) is 8.63. The standard InChI is InChI=1S/C19H18N2O4/c1-10-7-12(3)15(8-11(10)2)25-9-16(22)20-14-6-4-5-13-17(14)19(24)21-18(13)23/h4-8H,9H2,1-3H3,(H,20,22)(H,21,23,24). The molecule has 0 spiro atoms. The minimum absolute atomic E-state index is 0.184. The Kier molecular flexibility index (Phi) is 4.27. The maximum absolute atomic E-state index is 12.2. The molecule has 0 atom stereocenters. The smallest absolute Gasteiger partial charge is 0.262 e. The Morgan fingerprint density at radius 3 is 2.52 bits per heavy atom. The first kappa shape index (κ1) is 16.7. The maximum atomic E-state index is 12.2. The highest BCUT2D eigenvalue weighted by molar-refractivity contribution is 6.24. The molecule has 1 aliphatic heterocycles. The summed E-state index contributed by atoms with van der Waals surface area (Å²) in [6.07, 6.45) is 0. The van der Waals surface area contributed by atoms with Crippen molar-refractivity contribution in [2.24, 2.45) is 0 Å². The highest BCUT2D eigenvalue weighted by Gasteiger charge is 2.29. The predicted octanol–water partition coefficient (Wildman–Crippen LogP) is 2.51. The zero-order chi connectivity index (χ0) is 18.1. The lowest BCUT2D eigenvalue weighted by atomic mass is 10.1. The van der Waals surface area contributed by atoms with E-state index in [0.29, 0.717) is 11.4 Å². The molecule has 0 saturated carbocycles. The van der Waals surface area contributed by atoms with Crippen molar-refractivity contribution in [1.82, 2.24) is 5.32 Å². The second-order valence-electron chi connectivity index (χ2n) is 6.05. The average Bonchev–Trinajstić information content (AvgIpc) is 2.85. The molecule has 0 saturated heterocycles. The fraction of sp³-hybridized carbons (Fsp3) is 0.211. The van der Waals surface area contributed by atoms with Crippen LogP contribution in [0.3, 0.4) is 0 Å². The summed E-state index contributed by atoms with van der Waals surface area (Å²) in [4.78, 5) is 35.7. The summed E-state index contributed by atoms with van der Waals surface area (Å²) in [7, 11) is 0. The Labute approximate surface area is 145 Å². The van der Waals surface area contributed by atoms with Gasteiger partial charge in [0.1, 0.15) is 5.75 Å². The largest absolute Gasteiger partial charge is 0.483 e. The lowest BCUT2D eigenvalue weighted by Crippen LogP contribution is -2.23. The summed E-state index contributed by atoms with van der Waals surface area (Å²) in [5.74, 6) is -0.734. The fourth-order valence-corrected chi connectivity index (χ4v) is 2.74.